The Hall–Kier alpha value is -12.7. The summed E-state index contributed by atoms with van der Waals surface area (Å²) in [4.78, 5) is 58.1. The van der Waals surface area contributed by atoms with E-state index in [1.807, 2.05) is 168 Å². The quantitative estimate of drug-likeness (QED) is 0.0241. The third kappa shape index (κ3) is 23.0. The average Bonchev–Trinajstić information content (AvgIpc) is 1.63. The molecule has 0 saturated carbocycles. The maximum atomic E-state index is 10.1. The number of aromatic nitrogens is 20. The van der Waals surface area contributed by atoms with Gasteiger partial charge in [0.05, 0.1) is 192 Å². The fourth-order valence-corrected chi connectivity index (χ4v) is 15.3. The molecule has 0 aliphatic rings. The summed E-state index contributed by atoms with van der Waals surface area (Å²) in [6, 6.07) is 44.6. The number of rotatable bonds is 37. The van der Waals surface area contributed by atoms with Gasteiger partial charge < -0.3 is 58.7 Å². The lowest BCUT2D eigenvalue weighted by molar-refractivity contribution is 0.0289. The first-order valence-corrected chi connectivity index (χ1v) is 45.5. The Bertz CT molecular complexity index is 6150. The number of nitrogens with zero attached hydrogens (tertiary/aromatic N) is 20. The van der Waals surface area contributed by atoms with Crippen molar-refractivity contribution in [3.63, 3.8) is 0 Å². The summed E-state index contributed by atoms with van der Waals surface area (Å²) in [5.41, 5.74) is 24.6. The number of ether oxygens (including phenoxy) is 7. The van der Waals surface area contributed by atoms with Crippen LogP contribution in [0.4, 0.5) is 0 Å². The lowest BCUT2D eigenvalue weighted by atomic mass is 10.1. The first-order chi connectivity index (χ1) is 64.3. The van der Waals surface area contributed by atoms with Crippen molar-refractivity contribution in [2.75, 3.05) is 81.3 Å². The van der Waals surface area contributed by atoms with E-state index in [1.54, 1.807) is 42.5 Å². The second-order valence-electron chi connectivity index (χ2n) is 33.6. The van der Waals surface area contributed by atoms with E-state index in [0.717, 1.165) is 118 Å². The first-order valence-electron chi connectivity index (χ1n) is 45.5. The normalized spacial score (nSPS) is 11.9. The highest BCUT2D eigenvalue weighted by molar-refractivity contribution is 5.83. The molecule has 0 aliphatic carbocycles. The summed E-state index contributed by atoms with van der Waals surface area (Å²) < 4.78 is 47.5. The van der Waals surface area contributed by atoms with Gasteiger partial charge in [-0.25, -0.2) is 78.5 Å². The van der Waals surface area contributed by atoms with Crippen molar-refractivity contribution < 1.29 is 58.7 Å². The van der Waals surface area contributed by atoms with Crippen LogP contribution < -0.4 is 18.9 Å². The van der Waals surface area contributed by atoms with Crippen molar-refractivity contribution in [3.05, 3.63) is 225 Å². The summed E-state index contributed by atoms with van der Waals surface area (Å²) in [6.07, 6.45) is 2.67. The zero-order valence-electron chi connectivity index (χ0n) is 80.0. The van der Waals surface area contributed by atoms with Crippen LogP contribution in [-0.4, -0.2) is 206 Å². The Labute approximate surface area is 776 Å². The van der Waals surface area contributed by atoms with E-state index in [9.17, 15) is 25.5 Å². The maximum Gasteiger partial charge on any atom is 0.222 e. The van der Waals surface area contributed by atoms with E-state index in [0.29, 0.717) is 145 Å². The van der Waals surface area contributed by atoms with E-state index < -0.39 is 12.1 Å². The van der Waals surface area contributed by atoms with E-state index >= 15 is 0 Å². The molecule has 0 amide bonds. The second-order valence-corrected chi connectivity index (χ2v) is 33.6. The molecule has 3 aromatic carbocycles. The number of aliphatic hydroxyl groups is 5. The molecule has 0 fully saturated rings. The SMILES string of the molecule is CCc1nc2c(nc1-c1ccc(C(C)C)nc1OC)c(C)nn2C(CO)CO.CCc1nc2c(nc1-c1ccc(C(C)C)nc1OC)c(C)nn2C(CO)CO.CCc1nc2c(nc1-c1ccc(C(C)C)nc1OC)c(C)nn2C(CO)COCc1ccccc1.CCc1nc2c(nc1-c1ccc(C(C)C)nc1OC)c(C)nn2C(COCc1ccccc1)COCc1ccccc1. The lowest BCUT2D eigenvalue weighted by Crippen LogP contribution is -2.23. The van der Waals surface area contributed by atoms with Crippen LogP contribution in [-0.2, 0) is 59.7 Å². The van der Waals surface area contributed by atoms with Crippen molar-refractivity contribution >= 4 is 44.7 Å². The molecule has 15 aromatic rings. The van der Waals surface area contributed by atoms with Gasteiger partial charge in [0.25, 0.3) is 0 Å². The van der Waals surface area contributed by atoms with Crippen LogP contribution in [0.2, 0.25) is 0 Å². The molecule has 0 saturated heterocycles. The standard InChI is InChI=1S/C34H39N5O3.C27H33N5O3.2C20H27N5O3/c1-6-29-32(28-17-18-30(23(2)3)36-34(28)40-5)37-31-24(4)38-39(33(31)35-29)27(21-41-19-25-13-9-7-10-14-25)22-42-20-26-15-11-8-12-16-26;1-6-22-25(21-12-13-23(17(2)3)29-27(21)34-5)30-24-18(4)31-32(26(24)28-22)20(14-33)16-35-15-19-10-8-7-9-11-19;2*1-6-15-18(14-7-8-16(11(2)3)22-20(14)28-5)23-17-12(4)24-25(19(17)21-15)13(9-26)10-27/h7-18,23,27H,6,19-22H2,1-5H3;7-13,17,20,33H,6,14-16H2,1-5H3;2*7-8,11,13,26-27H,6,9-10H2,1-5H3. The molecule has 0 aliphatic heterocycles. The Morgan fingerprint density at radius 2 is 0.489 bits per heavy atom. The molecular formula is C101H126N20O12. The largest absolute Gasteiger partial charge is 0.480 e. The van der Waals surface area contributed by atoms with Crippen LogP contribution in [0.25, 0.3) is 89.7 Å². The molecule has 12 heterocycles. The highest BCUT2D eigenvalue weighted by Crippen LogP contribution is 2.39. The van der Waals surface area contributed by atoms with Crippen LogP contribution in [0.15, 0.2) is 140 Å². The highest BCUT2D eigenvalue weighted by atomic mass is 16.5. The van der Waals surface area contributed by atoms with Gasteiger partial charge in [0.1, 0.15) is 46.2 Å². The van der Waals surface area contributed by atoms with Crippen LogP contribution >= 0.6 is 0 Å². The Morgan fingerprint density at radius 1 is 0.271 bits per heavy atom. The number of methoxy groups -OCH3 is 4. The predicted molar refractivity (Wildman–Crippen MR) is 513 cm³/mol. The molecule has 0 spiro atoms. The molecule has 1 atom stereocenters. The van der Waals surface area contributed by atoms with Crippen molar-refractivity contribution in [1.29, 1.82) is 0 Å². The minimum absolute atomic E-state index is 0.121. The van der Waals surface area contributed by atoms with Crippen LogP contribution in [0.3, 0.4) is 0 Å². The van der Waals surface area contributed by atoms with Gasteiger partial charge in [0, 0.05) is 22.8 Å². The van der Waals surface area contributed by atoms with Gasteiger partial charge in [0.2, 0.25) is 23.5 Å². The molecule has 32 nitrogen and oxygen atoms in total. The van der Waals surface area contributed by atoms with Gasteiger partial charge in [-0.2, -0.15) is 20.4 Å². The van der Waals surface area contributed by atoms with E-state index in [1.165, 1.54) is 0 Å². The topological polar surface area (TPSA) is 392 Å². The third-order valence-electron chi connectivity index (χ3n) is 22.8. The number of aliphatic hydroxyl groups excluding tert-OH is 5. The maximum absolute atomic E-state index is 10.1. The van der Waals surface area contributed by atoms with Gasteiger partial charge in [-0.3, -0.25) is 0 Å². The van der Waals surface area contributed by atoms with Crippen LogP contribution in [0.5, 0.6) is 23.5 Å². The minimum atomic E-state index is -0.553. The number of benzene rings is 3. The molecule has 5 N–H and O–H groups in total. The first kappa shape index (κ1) is 99.4. The zero-order chi connectivity index (χ0) is 95.3. The second kappa shape index (κ2) is 46.6. The molecule has 702 valence electrons. The van der Waals surface area contributed by atoms with Crippen molar-refractivity contribution in [2.24, 2.45) is 0 Å². The summed E-state index contributed by atoms with van der Waals surface area (Å²) in [7, 11) is 6.47. The number of hydrogen-bond acceptors (Lipinski definition) is 28. The fraction of sp³-hybridized carbons (Fsp3) is 0.426. The molecule has 15 rings (SSSR count). The third-order valence-corrected chi connectivity index (χ3v) is 22.8. The van der Waals surface area contributed by atoms with Gasteiger partial charge >= 0.3 is 0 Å². The summed E-state index contributed by atoms with van der Waals surface area (Å²) in [5, 5.41) is 66.8. The van der Waals surface area contributed by atoms with E-state index in [4.69, 9.17) is 83.1 Å². The Morgan fingerprint density at radius 3 is 0.699 bits per heavy atom. The van der Waals surface area contributed by atoms with Crippen molar-refractivity contribution in [1.82, 2.24) is 98.9 Å². The lowest BCUT2D eigenvalue weighted by Gasteiger charge is -2.19. The van der Waals surface area contributed by atoms with Crippen molar-refractivity contribution in [3.8, 4) is 68.5 Å². The number of hydrogen-bond donors (Lipinski definition) is 5. The van der Waals surface area contributed by atoms with E-state index in [-0.39, 0.29) is 68.8 Å². The highest BCUT2D eigenvalue weighted by Gasteiger charge is 2.30. The van der Waals surface area contributed by atoms with Gasteiger partial charge in [-0.1, -0.05) is 174 Å². The van der Waals surface area contributed by atoms with Crippen molar-refractivity contribution in [2.45, 2.75) is 204 Å². The molecule has 1 unspecified atom stereocenters. The number of fused-ring (bicyclic) bond motifs is 4. The Kier molecular flexibility index (Phi) is 34.8. The number of aryl methyl sites for hydroxylation is 8. The van der Waals surface area contributed by atoms with Gasteiger partial charge in [0.15, 0.2) is 22.6 Å². The van der Waals surface area contributed by atoms with Crippen LogP contribution in [0, 0.1) is 27.7 Å². The Balaban J connectivity index is 0.000000162. The zero-order valence-corrected chi connectivity index (χ0v) is 80.0. The molecular weight excluding hydrogens is 1690 g/mol. The summed E-state index contributed by atoms with van der Waals surface area (Å²) >= 11 is 0. The van der Waals surface area contributed by atoms with Gasteiger partial charge in [-0.05, 0) is 142 Å². The molecule has 0 bridgehead atoms. The fourth-order valence-electron chi connectivity index (χ4n) is 15.3. The molecule has 133 heavy (non-hydrogen) atoms. The van der Waals surface area contributed by atoms with E-state index in [2.05, 4.69) is 117 Å². The van der Waals surface area contributed by atoms with Gasteiger partial charge in [-0.15, -0.1) is 0 Å². The smallest absolute Gasteiger partial charge is 0.222 e. The predicted octanol–water partition coefficient (Wildman–Crippen LogP) is 16.3. The summed E-state index contributed by atoms with van der Waals surface area (Å²) in [5.74, 6) is 3.28. The monoisotopic (exact) mass is 1810 g/mol. The van der Waals surface area contributed by atoms with Crippen LogP contribution in [0.1, 0.15) is 216 Å². The average molecular weight is 1810 g/mol. The molecule has 32 heteroatoms. The molecule has 0 radical (unpaired) electrons. The summed E-state index contributed by atoms with van der Waals surface area (Å²) in [6.45, 7) is 34.0. The minimum Gasteiger partial charge on any atom is -0.480 e. The molecule has 12 aromatic heterocycles. The number of pyridine rings is 4.